The van der Waals surface area contributed by atoms with Crippen LogP contribution in [0.1, 0.15) is 70.4 Å². The standard InChI is InChI=1S/C11H18N2O2.C9H16O3/c1-5-15-11(14)9-7-13(4)12-10(9)6-8(2)3;1-4-12-9(11)6-8(10)5-7(2)3/h7-8H,5-6H2,1-4H3;7H,4-6H2,1-3H3. The average molecular weight is 383 g/mol. The van der Waals surface area contributed by atoms with Gasteiger partial charge in [-0.3, -0.25) is 14.3 Å². The van der Waals surface area contributed by atoms with Crippen molar-refractivity contribution in [3.05, 3.63) is 17.5 Å². The molecule has 0 radical (unpaired) electrons. The second-order valence-electron chi connectivity index (χ2n) is 7.10. The van der Waals surface area contributed by atoms with E-state index in [1.807, 2.05) is 20.9 Å². The highest BCUT2D eigenvalue weighted by atomic mass is 16.5. The molecule has 1 heterocycles. The second kappa shape index (κ2) is 13.1. The van der Waals surface area contributed by atoms with Crippen molar-refractivity contribution < 1.29 is 23.9 Å². The summed E-state index contributed by atoms with van der Waals surface area (Å²) in [4.78, 5) is 33.4. The van der Waals surface area contributed by atoms with E-state index < -0.39 is 5.97 Å². The molecule has 1 aromatic heterocycles. The number of carbonyl (C=O) groups excluding carboxylic acids is 3. The summed E-state index contributed by atoms with van der Waals surface area (Å²) >= 11 is 0. The Morgan fingerprint density at radius 1 is 1.04 bits per heavy atom. The number of ketones is 1. The Morgan fingerprint density at radius 2 is 1.63 bits per heavy atom. The molecular weight excluding hydrogens is 348 g/mol. The van der Waals surface area contributed by atoms with Crippen LogP contribution < -0.4 is 0 Å². The minimum absolute atomic E-state index is 0.0385. The van der Waals surface area contributed by atoms with Gasteiger partial charge in [-0.15, -0.1) is 0 Å². The molecule has 0 saturated heterocycles. The first-order chi connectivity index (χ1) is 12.6. The van der Waals surface area contributed by atoms with Crippen molar-refractivity contribution in [2.45, 2.75) is 60.8 Å². The molecule has 0 saturated carbocycles. The summed E-state index contributed by atoms with van der Waals surface area (Å²) in [5.74, 6) is 0.0628. The fraction of sp³-hybridized carbons (Fsp3) is 0.700. The fourth-order valence-corrected chi connectivity index (χ4v) is 2.35. The third kappa shape index (κ3) is 11.2. The topological polar surface area (TPSA) is 87.5 Å². The van der Waals surface area contributed by atoms with Crippen molar-refractivity contribution in [3.8, 4) is 0 Å². The van der Waals surface area contributed by atoms with E-state index in [1.165, 1.54) is 0 Å². The van der Waals surface area contributed by atoms with Gasteiger partial charge in [-0.25, -0.2) is 4.79 Å². The zero-order valence-electron chi connectivity index (χ0n) is 17.7. The van der Waals surface area contributed by atoms with E-state index >= 15 is 0 Å². The van der Waals surface area contributed by atoms with Crippen molar-refractivity contribution in [2.75, 3.05) is 13.2 Å². The molecule has 0 spiro atoms. The fourth-order valence-electron chi connectivity index (χ4n) is 2.35. The molecule has 1 rings (SSSR count). The van der Waals surface area contributed by atoms with Crippen LogP contribution in [0.4, 0.5) is 0 Å². The molecule has 0 aliphatic rings. The van der Waals surface area contributed by atoms with Gasteiger partial charge in [-0.05, 0) is 32.1 Å². The van der Waals surface area contributed by atoms with E-state index in [2.05, 4.69) is 23.7 Å². The molecule has 0 unspecified atom stereocenters. The number of ether oxygens (including phenoxy) is 2. The van der Waals surface area contributed by atoms with Crippen molar-refractivity contribution in [1.82, 2.24) is 9.78 Å². The Kier molecular flexibility index (Phi) is 12.0. The molecule has 0 N–H and O–H groups in total. The number of carbonyl (C=O) groups is 3. The van der Waals surface area contributed by atoms with Crippen LogP contribution in [0.3, 0.4) is 0 Å². The lowest BCUT2D eigenvalue weighted by molar-refractivity contribution is -0.145. The van der Waals surface area contributed by atoms with Crippen LogP contribution in [0.2, 0.25) is 0 Å². The molecule has 7 nitrogen and oxygen atoms in total. The molecule has 0 bridgehead atoms. The maximum atomic E-state index is 11.6. The Bertz CT molecular complexity index is 606. The predicted octanol–water partition coefficient (Wildman–Crippen LogP) is 3.35. The zero-order chi connectivity index (χ0) is 21.0. The minimum atomic E-state index is -0.414. The summed E-state index contributed by atoms with van der Waals surface area (Å²) < 4.78 is 11.3. The quantitative estimate of drug-likeness (QED) is 0.481. The molecule has 1 aromatic rings. The van der Waals surface area contributed by atoms with Crippen LogP contribution in [-0.4, -0.2) is 40.7 Å². The average Bonchev–Trinajstić information content (AvgIpc) is 2.87. The lowest BCUT2D eigenvalue weighted by atomic mass is 10.1. The molecule has 0 aliphatic carbocycles. The SMILES string of the molecule is CCOC(=O)CC(=O)CC(C)C.CCOC(=O)c1cn(C)nc1CC(C)C. The third-order valence-corrected chi connectivity index (χ3v) is 3.28. The summed E-state index contributed by atoms with van der Waals surface area (Å²) in [6.07, 6.45) is 2.90. The zero-order valence-corrected chi connectivity index (χ0v) is 17.7. The van der Waals surface area contributed by atoms with Gasteiger partial charge < -0.3 is 9.47 Å². The molecule has 154 valence electrons. The van der Waals surface area contributed by atoms with Gasteiger partial charge in [0.15, 0.2) is 0 Å². The summed E-state index contributed by atoms with van der Waals surface area (Å²) in [5, 5.41) is 4.27. The predicted molar refractivity (Wildman–Crippen MR) is 103 cm³/mol. The molecular formula is C20H34N2O5. The summed E-state index contributed by atoms with van der Waals surface area (Å²) in [7, 11) is 1.81. The van der Waals surface area contributed by atoms with Gasteiger partial charge in [-0.1, -0.05) is 27.7 Å². The Morgan fingerprint density at radius 3 is 2.11 bits per heavy atom. The summed E-state index contributed by atoms with van der Waals surface area (Å²) in [5.41, 5.74) is 1.42. The number of hydrogen-bond donors (Lipinski definition) is 0. The van der Waals surface area contributed by atoms with Crippen LogP contribution in [0.25, 0.3) is 0 Å². The maximum absolute atomic E-state index is 11.6. The Hall–Kier alpha value is -2.18. The van der Waals surface area contributed by atoms with Gasteiger partial charge in [0, 0.05) is 19.7 Å². The van der Waals surface area contributed by atoms with Gasteiger partial charge in [-0.2, -0.15) is 5.10 Å². The number of nitrogens with zero attached hydrogens (tertiary/aromatic N) is 2. The number of Topliss-reactive ketones (excluding diaryl/α,β-unsaturated/α-hetero) is 1. The second-order valence-corrected chi connectivity index (χ2v) is 7.10. The highest BCUT2D eigenvalue weighted by Crippen LogP contribution is 2.13. The normalized spacial score (nSPS) is 10.4. The number of hydrogen-bond acceptors (Lipinski definition) is 6. The molecule has 0 fully saturated rings. The lowest BCUT2D eigenvalue weighted by Crippen LogP contribution is -2.12. The van der Waals surface area contributed by atoms with Gasteiger partial charge >= 0.3 is 11.9 Å². The monoisotopic (exact) mass is 382 g/mol. The van der Waals surface area contributed by atoms with Crippen LogP contribution in [0.5, 0.6) is 0 Å². The molecule has 27 heavy (non-hydrogen) atoms. The first-order valence-corrected chi connectivity index (χ1v) is 9.47. The minimum Gasteiger partial charge on any atom is -0.466 e. The first-order valence-electron chi connectivity index (χ1n) is 9.47. The Labute approximate surface area is 162 Å². The van der Waals surface area contributed by atoms with Crippen molar-refractivity contribution in [2.24, 2.45) is 18.9 Å². The number of aryl methyl sites for hydroxylation is 1. The van der Waals surface area contributed by atoms with Crippen LogP contribution in [0, 0.1) is 11.8 Å². The van der Waals surface area contributed by atoms with E-state index in [0.29, 0.717) is 37.0 Å². The van der Waals surface area contributed by atoms with Crippen molar-refractivity contribution >= 4 is 17.7 Å². The third-order valence-electron chi connectivity index (χ3n) is 3.28. The summed E-state index contributed by atoms with van der Waals surface area (Å²) in [6, 6.07) is 0. The highest BCUT2D eigenvalue weighted by molar-refractivity contribution is 5.95. The van der Waals surface area contributed by atoms with E-state index in [4.69, 9.17) is 4.74 Å². The van der Waals surface area contributed by atoms with Crippen molar-refractivity contribution in [3.63, 3.8) is 0 Å². The van der Waals surface area contributed by atoms with E-state index in [9.17, 15) is 14.4 Å². The van der Waals surface area contributed by atoms with Crippen LogP contribution in [0.15, 0.2) is 6.20 Å². The molecule has 0 amide bonds. The molecule has 0 aromatic carbocycles. The lowest BCUT2D eigenvalue weighted by Gasteiger charge is -2.04. The van der Waals surface area contributed by atoms with Gasteiger partial charge in [0.2, 0.25) is 0 Å². The first kappa shape index (κ1) is 24.8. The molecule has 7 heteroatoms. The molecule has 0 atom stereocenters. The van der Waals surface area contributed by atoms with Gasteiger partial charge in [0.1, 0.15) is 17.8 Å². The smallest absolute Gasteiger partial charge is 0.341 e. The number of rotatable bonds is 9. The number of aromatic nitrogens is 2. The van der Waals surface area contributed by atoms with Crippen LogP contribution in [-0.2, 0) is 32.5 Å². The van der Waals surface area contributed by atoms with E-state index in [1.54, 1.807) is 24.7 Å². The molecule has 0 aliphatic heterocycles. The van der Waals surface area contributed by atoms with Crippen LogP contribution >= 0.6 is 0 Å². The largest absolute Gasteiger partial charge is 0.466 e. The maximum Gasteiger partial charge on any atom is 0.341 e. The highest BCUT2D eigenvalue weighted by Gasteiger charge is 2.17. The summed E-state index contributed by atoms with van der Waals surface area (Å²) in [6.45, 7) is 12.4. The number of esters is 2. The van der Waals surface area contributed by atoms with E-state index in [0.717, 1.165) is 12.1 Å². The Balaban J connectivity index is 0.000000516. The van der Waals surface area contributed by atoms with Gasteiger partial charge in [0.25, 0.3) is 0 Å². The van der Waals surface area contributed by atoms with E-state index in [-0.39, 0.29) is 18.2 Å². The van der Waals surface area contributed by atoms with Gasteiger partial charge in [0.05, 0.1) is 18.9 Å². The van der Waals surface area contributed by atoms with Crippen molar-refractivity contribution in [1.29, 1.82) is 0 Å².